The molecule has 1 heterocycles. The van der Waals surface area contributed by atoms with Gasteiger partial charge in [-0.2, -0.15) is 0 Å². The minimum absolute atomic E-state index is 0.130. The van der Waals surface area contributed by atoms with Crippen LogP contribution in [0.2, 0.25) is 0 Å². The van der Waals surface area contributed by atoms with E-state index in [-0.39, 0.29) is 11.9 Å². The van der Waals surface area contributed by atoms with Crippen LogP contribution in [0.5, 0.6) is 0 Å². The fourth-order valence-corrected chi connectivity index (χ4v) is 0.930. The first-order valence-electron chi connectivity index (χ1n) is 3.83. The van der Waals surface area contributed by atoms with Crippen LogP contribution < -0.4 is 5.73 Å². The van der Waals surface area contributed by atoms with Crippen molar-refractivity contribution in [1.29, 1.82) is 0 Å². The maximum absolute atomic E-state index is 11.4. The van der Waals surface area contributed by atoms with Gasteiger partial charge in [-0.1, -0.05) is 0 Å². The summed E-state index contributed by atoms with van der Waals surface area (Å²) in [6.07, 6.45) is 0. The summed E-state index contributed by atoms with van der Waals surface area (Å²) in [5.74, 6) is -0.0394. The Labute approximate surface area is 76.6 Å². The molecule has 0 radical (unpaired) electrons. The number of nitrogens with two attached hydrogens (primary N) is 1. The molecule has 70 valence electrons. The minimum Gasteiger partial charge on any atom is -0.368 e. The summed E-state index contributed by atoms with van der Waals surface area (Å²) in [6, 6.07) is 1.61. The van der Waals surface area contributed by atoms with E-state index in [4.69, 9.17) is 5.73 Å². The molecule has 0 aliphatic heterocycles. The van der Waals surface area contributed by atoms with Crippen LogP contribution in [0.4, 0.5) is 5.95 Å². The normalized spacial score (nSPS) is 9.77. The lowest BCUT2D eigenvalue weighted by Crippen LogP contribution is -2.23. The number of aryl methyl sites for hydroxylation is 1. The predicted octanol–water partition coefficient (Wildman–Crippen LogP) is 0.0690. The van der Waals surface area contributed by atoms with Gasteiger partial charge in [0.2, 0.25) is 5.95 Å². The molecule has 0 spiro atoms. The van der Waals surface area contributed by atoms with E-state index in [2.05, 4.69) is 9.97 Å². The van der Waals surface area contributed by atoms with Crippen molar-refractivity contribution in [3.63, 3.8) is 0 Å². The van der Waals surface area contributed by atoms with Crippen molar-refractivity contribution in [2.45, 2.75) is 6.92 Å². The van der Waals surface area contributed by atoms with Gasteiger partial charge in [-0.25, -0.2) is 9.97 Å². The molecule has 0 saturated carbocycles. The number of amides is 1. The zero-order valence-corrected chi connectivity index (χ0v) is 7.90. The van der Waals surface area contributed by atoms with Gasteiger partial charge in [-0.05, 0) is 13.0 Å². The monoisotopic (exact) mass is 180 g/mol. The van der Waals surface area contributed by atoms with Crippen LogP contribution in [0, 0.1) is 6.92 Å². The van der Waals surface area contributed by atoms with Crippen LogP contribution in [0.3, 0.4) is 0 Å². The number of carbonyl (C=O) groups is 1. The molecule has 0 saturated heterocycles. The van der Waals surface area contributed by atoms with Crippen LogP contribution in [-0.2, 0) is 0 Å². The van der Waals surface area contributed by atoms with Crippen molar-refractivity contribution in [1.82, 2.24) is 14.9 Å². The molecular weight excluding hydrogens is 168 g/mol. The first kappa shape index (κ1) is 9.44. The fraction of sp³-hybridized carbons (Fsp3) is 0.375. The molecule has 0 atom stereocenters. The lowest BCUT2D eigenvalue weighted by atomic mass is 10.3. The molecule has 0 bridgehead atoms. The Morgan fingerprint density at radius 2 is 2.08 bits per heavy atom. The summed E-state index contributed by atoms with van der Waals surface area (Å²) in [6.45, 7) is 1.77. The molecule has 1 rings (SSSR count). The van der Waals surface area contributed by atoms with Gasteiger partial charge in [0.05, 0.1) is 0 Å². The third-order valence-electron chi connectivity index (χ3n) is 1.50. The molecule has 2 N–H and O–H groups in total. The van der Waals surface area contributed by atoms with Crippen LogP contribution in [-0.4, -0.2) is 34.9 Å². The van der Waals surface area contributed by atoms with Gasteiger partial charge >= 0.3 is 0 Å². The summed E-state index contributed by atoms with van der Waals surface area (Å²) >= 11 is 0. The number of nitrogens with zero attached hydrogens (tertiary/aromatic N) is 3. The molecule has 1 amide bonds. The number of rotatable bonds is 1. The van der Waals surface area contributed by atoms with E-state index < -0.39 is 0 Å². The van der Waals surface area contributed by atoms with Crippen molar-refractivity contribution in [3.8, 4) is 0 Å². The zero-order valence-electron chi connectivity index (χ0n) is 7.90. The third-order valence-corrected chi connectivity index (χ3v) is 1.50. The van der Waals surface area contributed by atoms with Crippen LogP contribution in [0.1, 0.15) is 16.2 Å². The molecule has 0 aliphatic carbocycles. The van der Waals surface area contributed by atoms with Gasteiger partial charge in [0.15, 0.2) is 0 Å². The Balaban J connectivity index is 3.08. The number of hydrogen-bond acceptors (Lipinski definition) is 4. The Morgan fingerprint density at radius 1 is 1.46 bits per heavy atom. The number of carbonyl (C=O) groups excluding carboxylic acids is 1. The molecular formula is C8H12N4O. The second-order valence-corrected chi connectivity index (χ2v) is 2.95. The highest BCUT2D eigenvalue weighted by Crippen LogP contribution is 2.03. The topological polar surface area (TPSA) is 72.1 Å². The van der Waals surface area contributed by atoms with Gasteiger partial charge in [-0.15, -0.1) is 0 Å². The lowest BCUT2D eigenvalue weighted by molar-refractivity contribution is 0.0822. The van der Waals surface area contributed by atoms with E-state index >= 15 is 0 Å². The van der Waals surface area contributed by atoms with E-state index in [9.17, 15) is 4.79 Å². The molecule has 0 unspecified atom stereocenters. The highest BCUT2D eigenvalue weighted by molar-refractivity contribution is 5.92. The van der Waals surface area contributed by atoms with Crippen molar-refractivity contribution >= 4 is 11.9 Å². The molecule has 0 aliphatic rings. The zero-order chi connectivity index (χ0) is 10.0. The summed E-state index contributed by atoms with van der Waals surface area (Å²) in [4.78, 5) is 20.6. The molecule has 0 aromatic carbocycles. The second kappa shape index (κ2) is 3.38. The maximum atomic E-state index is 11.4. The molecule has 0 fully saturated rings. The Bertz CT molecular complexity index is 315. The standard InChI is InChI=1S/C8H12N4O/c1-5-4-6(7(13)12(2)3)11-8(9)10-5/h4H,1-3H3,(H2,9,10,11). The van der Waals surface area contributed by atoms with E-state index in [1.165, 1.54) is 4.90 Å². The van der Waals surface area contributed by atoms with Gasteiger partial charge in [0.1, 0.15) is 5.69 Å². The van der Waals surface area contributed by atoms with Crippen molar-refractivity contribution in [2.24, 2.45) is 0 Å². The van der Waals surface area contributed by atoms with E-state index in [1.807, 2.05) is 0 Å². The average molecular weight is 180 g/mol. The number of hydrogen-bond donors (Lipinski definition) is 1. The minimum atomic E-state index is -0.169. The van der Waals surface area contributed by atoms with Gasteiger partial charge < -0.3 is 10.6 Å². The SMILES string of the molecule is Cc1cc(C(=O)N(C)C)nc(N)n1. The van der Waals surface area contributed by atoms with Crippen molar-refractivity contribution in [2.75, 3.05) is 19.8 Å². The molecule has 13 heavy (non-hydrogen) atoms. The highest BCUT2D eigenvalue weighted by atomic mass is 16.2. The van der Waals surface area contributed by atoms with Crippen LogP contribution in [0.15, 0.2) is 6.07 Å². The fourth-order valence-electron chi connectivity index (χ4n) is 0.930. The van der Waals surface area contributed by atoms with E-state index in [0.29, 0.717) is 11.4 Å². The van der Waals surface area contributed by atoms with Crippen LogP contribution in [0.25, 0.3) is 0 Å². The molecule has 5 nitrogen and oxygen atoms in total. The van der Waals surface area contributed by atoms with Gasteiger partial charge in [0.25, 0.3) is 5.91 Å². The third kappa shape index (κ3) is 2.14. The number of aromatic nitrogens is 2. The van der Waals surface area contributed by atoms with Crippen molar-refractivity contribution < 1.29 is 4.79 Å². The molecule has 5 heteroatoms. The van der Waals surface area contributed by atoms with Gasteiger partial charge in [-0.3, -0.25) is 4.79 Å². The largest absolute Gasteiger partial charge is 0.368 e. The van der Waals surface area contributed by atoms with Gasteiger partial charge in [0, 0.05) is 19.8 Å². The number of nitrogen functional groups attached to an aromatic ring is 1. The Hall–Kier alpha value is -1.65. The summed E-state index contributed by atoms with van der Waals surface area (Å²) in [5, 5.41) is 0. The first-order chi connectivity index (χ1) is 6.00. The lowest BCUT2D eigenvalue weighted by Gasteiger charge is -2.09. The molecule has 1 aromatic rings. The Morgan fingerprint density at radius 3 is 2.54 bits per heavy atom. The summed E-state index contributed by atoms with van der Waals surface area (Å²) in [5.41, 5.74) is 6.43. The first-order valence-corrected chi connectivity index (χ1v) is 3.83. The average Bonchev–Trinajstić information content (AvgIpc) is 2.01. The second-order valence-electron chi connectivity index (χ2n) is 2.95. The van der Waals surface area contributed by atoms with Crippen molar-refractivity contribution in [3.05, 3.63) is 17.5 Å². The Kier molecular flexibility index (Phi) is 2.46. The summed E-state index contributed by atoms with van der Waals surface area (Å²) < 4.78 is 0. The summed E-state index contributed by atoms with van der Waals surface area (Å²) in [7, 11) is 3.33. The predicted molar refractivity (Wildman–Crippen MR) is 49.2 cm³/mol. The highest BCUT2D eigenvalue weighted by Gasteiger charge is 2.10. The smallest absolute Gasteiger partial charge is 0.272 e. The molecule has 1 aromatic heterocycles. The maximum Gasteiger partial charge on any atom is 0.272 e. The quantitative estimate of drug-likeness (QED) is 0.663. The van der Waals surface area contributed by atoms with Crippen LogP contribution >= 0.6 is 0 Å². The van der Waals surface area contributed by atoms with E-state index in [1.54, 1.807) is 27.1 Å². The number of anilines is 1. The van der Waals surface area contributed by atoms with E-state index in [0.717, 1.165) is 0 Å².